The van der Waals surface area contributed by atoms with Crippen LogP contribution >= 0.6 is 0 Å². The maximum Gasteiger partial charge on any atom is 0.222 e. The average molecular weight is 167 g/mol. The van der Waals surface area contributed by atoms with Gasteiger partial charge in [-0.3, -0.25) is 4.79 Å². The Hall–Kier alpha value is -0.530. The Labute approximate surface area is 73.9 Å². The number of hydrogen-bond donors (Lipinski definition) is 0. The SMILES string of the molecule is CCC(=O)N(C)C1CC2CC2C1. The second kappa shape index (κ2) is 2.75. The number of carbonyl (C=O) groups is 1. The minimum absolute atomic E-state index is 0.307. The quantitative estimate of drug-likeness (QED) is 0.612. The molecule has 2 aliphatic rings. The molecule has 1 amide bonds. The van der Waals surface area contributed by atoms with Gasteiger partial charge in [-0.2, -0.15) is 0 Å². The van der Waals surface area contributed by atoms with E-state index in [0.29, 0.717) is 18.4 Å². The van der Waals surface area contributed by atoms with E-state index in [1.807, 2.05) is 18.9 Å². The predicted octanol–water partition coefficient (Wildman–Crippen LogP) is 1.65. The number of nitrogens with zero attached hydrogens (tertiary/aromatic N) is 1. The second-order valence-corrected chi connectivity index (χ2v) is 4.24. The first-order valence-electron chi connectivity index (χ1n) is 4.98. The lowest BCUT2D eigenvalue weighted by Gasteiger charge is -2.25. The van der Waals surface area contributed by atoms with Gasteiger partial charge in [0.15, 0.2) is 0 Å². The standard InChI is InChI=1S/C10H17NO/c1-3-10(12)11(2)9-5-7-4-8(7)6-9/h7-9H,3-6H2,1-2H3. The highest BCUT2D eigenvalue weighted by Gasteiger charge is 2.47. The highest BCUT2D eigenvalue weighted by Crippen LogP contribution is 2.52. The number of carbonyl (C=O) groups excluding carboxylic acids is 1. The zero-order valence-corrected chi connectivity index (χ0v) is 7.92. The Bertz CT molecular complexity index is 192. The average Bonchev–Trinajstić information content (AvgIpc) is 2.71. The molecule has 0 aliphatic heterocycles. The van der Waals surface area contributed by atoms with Crippen LogP contribution in [0.2, 0.25) is 0 Å². The summed E-state index contributed by atoms with van der Waals surface area (Å²) in [4.78, 5) is 13.3. The molecule has 0 saturated heterocycles. The predicted molar refractivity (Wildman–Crippen MR) is 47.7 cm³/mol. The molecule has 2 fully saturated rings. The molecule has 0 N–H and O–H groups in total. The molecule has 68 valence electrons. The lowest BCUT2D eigenvalue weighted by atomic mass is 10.1. The number of rotatable bonds is 2. The van der Waals surface area contributed by atoms with Gasteiger partial charge in [0.1, 0.15) is 0 Å². The van der Waals surface area contributed by atoms with Crippen LogP contribution in [0.25, 0.3) is 0 Å². The van der Waals surface area contributed by atoms with Gasteiger partial charge < -0.3 is 4.90 Å². The summed E-state index contributed by atoms with van der Waals surface area (Å²) in [5.41, 5.74) is 0. The van der Waals surface area contributed by atoms with Crippen LogP contribution in [0, 0.1) is 11.8 Å². The molecule has 0 heterocycles. The highest BCUT2D eigenvalue weighted by molar-refractivity contribution is 5.75. The topological polar surface area (TPSA) is 20.3 Å². The summed E-state index contributed by atoms with van der Waals surface area (Å²) in [6.45, 7) is 1.94. The van der Waals surface area contributed by atoms with Gasteiger partial charge in [0.05, 0.1) is 0 Å². The third-order valence-corrected chi connectivity index (χ3v) is 3.46. The van der Waals surface area contributed by atoms with Gasteiger partial charge in [-0.25, -0.2) is 0 Å². The molecule has 2 saturated carbocycles. The summed E-state index contributed by atoms with van der Waals surface area (Å²) in [6, 6.07) is 0.571. The maximum absolute atomic E-state index is 11.3. The van der Waals surface area contributed by atoms with Crippen molar-refractivity contribution in [3.05, 3.63) is 0 Å². The molecule has 2 unspecified atom stereocenters. The fraction of sp³-hybridized carbons (Fsp3) is 0.900. The Morgan fingerprint density at radius 2 is 1.92 bits per heavy atom. The van der Waals surface area contributed by atoms with Crippen LogP contribution < -0.4 is 0 Å². The fourth-order valence-electron chi connectivity index (χ4n) is 2.45. The van der Waals surface area contributed by atoms with E-state index in [2.05, 4.69) is 0 Å². The Morgan fingerprint density at radius 1 is 1.33 bits per heavy atom. The van der Waals surface area contributed by atoms with E-state index in [1.54, 1.807) is 0 Å². The monoisotopic (exact) mass is 167 g/mol. The molecule has 2 rings (SSSR count). The van der Waals surface area contributed by atoms with E-state index < -0.39 is 0 Å². The van der Waals surface area contributed by atoms with Gasteiger partial charge in [0, 0.05) is 19.5 Å². The van der Waals surface area contributed by atoms with Crippen LogP contribution in [0.5, 0.6) is 0 Å². The summed E-state index contributed by atoms with van der Waals surface area (Å²) < 4.78 is 0. The second-order valence-electron chi connectivity index (χ2n) is 4.24. The van der Waals surface area contributed by atoms with Gasteiger partial charge in [-0.1, -0.05) is 6.92 Å². The minimum Gasteiger partial charge on any atom is -0.343 e. The molecule has 2 atom stereocenters. The van der Waals surface area contributed by atoms with E-state index in [-0.39, 0.29) is 0 Å². The van der Waals surface area contributed by atoms with Crippen molar-refractivity contribution in [3.63, 3.8) is 0 Å². The van der Waals surface area contributed by atoms with Crippen molar-refractivity contribution in [2.75, 3.05) is 7.05 Å². The zero-order chi connectivity index (χ0) is 8.72. The summed E-state index contributed by atoms with van der Waals surface area (Å²) in [7, 11) is 1.96. The van der Waals surface area contributed by atoms with Crippen molar-refractivity contribution < 1.29 is 4.79 Å². The summed E-state index contributed by atoms with van der Waals surface area (Å²) in [5.74, 6) is 2.26. The highest BCUT2D eigenvalue weighted by atomic mass is 16.2. The molecule has 2 heteroatoms. The lowest BCUT2D eigenvalue weighted by molar-refractivity contribution is -0.131. The Kier molecular flexibility index (Phi) is 1.85. The summed E-state index contributed by atoms with van der Waals surface area (Å²) in [5, 5.41) is 0. The number of hydrogen-bond acceptors (Lipinski definition) is 1. The van der Waals surface area contributed by atoms with Crippen LogP contribution in [-0.4, -0.2) is 23.9 Å². The van der Waals surface area contributed by atoms with Gasteiger partial charge in [0.25, 0.3) is 0 Å². The minimum atomic E-state index is 0.307. The van der Waals surface area contributed by atoms with Gasteiger partial charge in [0.2, 0.25) is 5.91 Å². The number of amides is 1. The smallest absolute Gasteiger partial charge is 0.222 e. The van der Waals surface area contributed by atoms with E-state index >= 15 is 0 Å². The molecule has 0 radical (unpaired) electrons. The fourth-order valence-corrected chi connectivity index (χ4v) is 2.45. The van der Waals surface area contributed by atoms with Crippen molar-refractivity contribution in [2.45, 2.75) is 38.6 Å². The molecular weight excluding hydrogens is 150 g/mol. The summed E-state index contributed by atoms with van der Waals surface area (Å²) in [6.07, 6.45) is 4.63. The van der Waals surface area contributed by atoms with Crippen molar-refractivity contribution >= 4 is 5.91 Å². The van der Waals surface area contributed by atoms with Gasteiger partial charge in [-0.15, -0.1) is 0 Å². The molecule has 2 aliphatic carbocycles. The van der Waals surface area contributed by atoms with E-state index in [1.165, 1.54) is 19.3 Å². The Morgan fingerprint density at radius 3 is 2.42 bits per heavy atom. The third-order valence-electron chi connectivity index (χ3n) is 3.46. The number of fused-ring (bicyclic) bond motifs is 1. The Balaban J connectivity index is 1.88. The normalized spacial score (nSPS) is 37.7. The molecule has 0 aromatic heterocycles. The van der Waals surface area contributed by atoms with Crippen molar-refractivity contribution in [2.24, 2.45) is 11.8 Å². The first-order valence-corrected chi connectivity index (χ1v) is 4.98. The summed E-state index contributed by atoms with van der Waals surface area (Å²) >= 11 is 0. The largest absolute Gasteiger partial charge is 0.343 e. The molecule has 0 bridgehead atoms. The first-order chi connectivity index (χ1) is 5.72. The van der Waals surface area contributed by atoms with Crippen LogP contribution in [0.4, 0.5) is 0 Å². The van der Waals surface area contributed by atoms with E-state index in [4.69, 9.17) is 0 Å². The van der Waals surface area contributed by atoms with E-state index in [9.17, 15) is 4.79 Å². The van der Waals surface area contributed by atoms with Crippen molar-refractivity contribution in [3.8, 4) is 0 Å². The molecule has 2 nitrogen and oxygen atoms in total. The molecule has 12 heavy (non-hydrogen) atoms. The van der Waals surface area contributed by atoms with E-state index in [0.717, 1.165) is 11.8 Å². The van der Waals surface area contributed by atoms with Crippen LogP contribution in [0.1, 0.15) is 32.6 Å². The third kappa shape index (κ3) is 1.23. The molecule has 0 aromatic carbocycles. The van der Waals surface area contributed by atoms with Crippen molar-refractivity contribution in [1.82, 2.24) is 4.90 Å². The van der Waals surface area contributed by atoms with Gasteiger partial charge in [-0.05, 0) is 31.1 Å². The molecule has 0 spiro atoms. The van der Waals surface area contributed by atoms with Crippen LogP contribution in [-0.2, 0) is 4.79 Å². The van der Waals surface area contributed by atoms with Crippen molar-refractivity contribution in [1.29, 1.82) is 0 Å². The van der Waals surface area contributed by atoms with Crippen LogP contribution in [0.15, 0.2) is 0 Å². The maximum atomic E-state index is 11.3. The zero-order valence-electron chi connectivity index (χ0n) is 7.92. The lowest BCUT2D eigenvalue weighted by Crippen LogP contribution is -2.35. The van der Waals surface area contributed by atoms with Crippen LogP contribution in [0.3, 0.4) is 0 Å². The molecule has 0 aromatic rings. The first kappa shape index (κ1) is 8.09. The molecular formula is C10H17NO. The van der Waals surface area contributed by atoms with Gasteiger partial charge >= 0.3 is 0 Å².